The molecule has 0 aliphatic carbocycles. The van der Waals surface area contributed by atoms with Crippen LogP contribution in [0.3, 0.4) is 0 Å². The summed E-state index contributed by atoms with van der Waals surface area (Å²) in [5.74, 6) is 0.818. The number of benzene rings is 1. The van der Waals surface area contributed by atoms with E-state index in [-0.39, 0.29) is 11.0 Å². The number of fused-ring (bicyclic) bond motifs is 1. The van der Waals surface area contributed by atoms with Crippen molar-refractivity contribution in [2.24, 2.45) is 5.41 Å². The van der Waals surface area contributed by atoms with Crippen molar-refractivity contribution in [2.45, 2.75) is 64.8 Å². The van der Waals surface area contributed by atoms with Crippen LogP contribution in [0, 0.1) is 16.7 Å². The summed E-state index contributed by atoms with van der Waals surface area (Å²) in [6, 6.07) is 8.40. The van der Waals surface area contributed by atoms with Gasteiger partial charge in [-0.2, -0.15) is 5.26 Å². The van der Waals surface area contributed by atoms with Crippen molar-refractivity contribution in [1.82, 2.24) is 9.88 Å². The first-order valence-electron chi connectivity index (χ1n) is 10.5. The summed E-state index contributed by atoms with van der Waals surface area (Å²) < 4.78 is 5.39. The van der Waals surface area contributed by atoms with Gasteiger partial charge in [-0.05, 0) is 95.1 Å². The van der Waals surface area contributed by atoms with Gasteiger partial charge < -0.3 is 4.74 Å². The van der Waals surface area contributed by atoms with Crippen LogP contribution in [-0.2, 0) is 6.42 Å². The highest BCUT2D eigenvalue weighted by atomic mass is 35.5. The first-order chi connectivity index (χ1) is 13.8. The molecule has 0 atom stereocenters. The molecule has 1 aliphatic heterocycles. The number of nitriles is 1. The number of likely N-dealkylation sites (tertiary alicyclic amines) is 1. The minimum absolute atomic E-state index is 0.128. The molecular formula is C24H32ClN3O. The van der Waals surface area contributed by atoms with Crippen LogP contribution in [0.15, 0.2) is 24.4 Å². The molecule has 2 aromatic rings. The molecule has 0 radical (unpaired) electrons. The van der Waals surface area contributed by atoms with Gasteiger partial charge in [0.05, 0.1) is 23.7 Å². The second-order valence-corrected chi connectivity index (χ2v) is 9.72. The van der Waals surface area contributed by atoms with Gasteiger partial charge in [0.2, 0.25) is 0 Å². The lowest BCUT2D eigenvalue weighted by Gasteiger charge is -2.46. The Balaban J connectivity index is 1.72. The minimum atomic E-state index is 0.128. The number of hydrogen-bond donors (Lipinski definition) is 0. The van der Waals surface area contributed by atoms with E-state index in [9.17, 15) is 5.26 Å². The third-order valence-electron chi connectivity index (χ3n) is 6.49. The molecule has 0 spiro atoms. The molecule has 1 aromatic heterocycles. The van der Waals surface area contributed by atoms with Crippen LogP contribution >= 0.6 is 11.6 Å². The lowest BCUT2D eigenvalue weighted by atomic mass is 9.71. The van der Waals surface area contributed by atoms with Gasteiger partial charge in [-0.1, -0.05) is 11.6 Å². The van der Waals surface area contributed by atoms with Crippen LogP contribution in [0.5, 0.6) is 5.75 Å². The molecule has 4 nitrogen and oxygen atoms in total. The molecule has 0 amide bonds. The summed E-state index contributed by atoms with van der Waals surface area (Å²) in [7, 11) is 1.68. The first-order valence-corrected chi connectivity index (χ1v) is 10.9. The lowest BCUT2D eigenvalue weighted by molar-refractivity contribution is 0.0390. The number of aromatic nitrogens is 1. The molecule has 0 saturated carbocycles. The van der Waals surface area contributed by atoms with Crippen LogP contribution in [0.2, 0.25) is 5.02 Å². The van der Waals surface area contributed by atoms with Crippen molar-refractivity contribution >= 4 is 22.5 Å². The molecule has 156 valence electrons. The Bertz CT molecular complexity index is 889. The maximum absolute atomic E-state index is 9.46. The van der Waals surface area contributed by atoms with E-state index < -0.39 is 0 Å². The zero-order chi connectivity index (χ0) is 21.1. The number of piperidine rings is 1. The number of nitrogens with zero attached hydrogens (tertiary/aromatic N) is 3. The fourth-order valence-electron chi connectivity index (χ4n) is 4.56. The summed E-state index contributed by atoms with van der Waals surface area (Å²) in [6.45, 7) is 8.96. The van der Waals surface area contributed by atoms with Crippen LogP contribution in [0.1, 0.15) is 58.4 Å². The lowest BCUT2D eigenvalue weighted by Crippen LogP contribution is -2.49. The average Bonchev–Trinajstić information content (AvgIpc) is 2.69. The normalized spacial score (nSPS) is 17.2. The standard InChI is InChI=1S/C24H32ClN3O/c1-23(2,3)28-14-11-24(10-13-26,12-15-28)9-5-6-19-20-16-18(29-4)7-8-22(20)27-17-21(19)25/h7-8,16-17H,5-6,9-12,14-15H2,1-4H3. The summed E-state index contributed by atoms with van der Waals surface area (Å²) in [5.41, 5.74) is 2.40. The summed E-state index contributed by atoms with van der Waals surface area (Å²) in [4.78, 5) is 7.00. The molecule has 2 heterocycles. The van der Waals surface area contributed by atoms with Crippen molar-refractivity contribution in [2.75, 3.05) is 20.2 Å². The molecule has 1 aromatic carbocycles. The number of rotatable bonds is 6. The van der Waals surface area contributed by atoms with Gasteiger partial charge in [0.1, 0.15) is 5.75 Å². The fraction of sp³-hybridized carbons (Fsp3) is 0.583. The highest BCUT2D eigenvalue weighted by Crippen LogP contribution is 2.41. The molecule has 0 N–H and O–H groups in total. The van der Waals surface area contributed by atoms with Crippen molar-refractivity contribution < 1.29 is 4.74 Å². The fourth-order valence-corrected chi connectivity index (χ4v) is 4.80. The predicted octanol–water partition coefficient (Wildman–Crippen LogP) is 6.01. The van der Waals surface area contributed by atoms with E-state index in [1.54, 1.807) is 13.3 Å². The zero-order valence-electron chi connectivity index (χ0n) is 18.1. The SMILES string of the molecule is COc1ccc2ncc(Cl)c(CCCC3(CC#N)CCN(C(C)(C)C)CC3)c2c1. The van der Waals surface area contributed by atoms with E-state index in [1.807, 2.05) is 18.2 Å². The van der Waals surface area contributed by atoms with Crippen LogP contribution < -0.4 is 4.74 Å². The molecule has 1 saturated heterocycles. The Morgan fingerprint density at radius 3 is 2.62 bits per heavy atom. The maximum Gasteiger partial charge on any atom is 0.119 e. The van der Waals surface area contributed by atoms with Gasteiger partial charge in [-0.15, -0.1) is 0 Å². The van der Waals surface area contributed by atoms with Crippen molar-refractivity contribution in [3.63, 3.8) is 0 Å². The Morgan fingerprint density at radius 1 is 1.28 bits per heavy atom. The van der Waals surface area contributed by atoms with E-state index in [4.69, 9.17) is 16.3 Å². The van der Waals surface area contributed by atoms with Crippen LogP contribution in [0.4, 0.5) is 0 Å². The minimum Gasteiger partial charge on any atom is -0.497 e. The summed E-state index contributed by atoms with van der Waals surface area (Å²) in [6.07, 6.45) is 7.55. The highest BCUT2D eigenvalue weighted by molar-refractivity contribution is 6.32. The molecule has 0 unspecified atom stereocenters. The third-order valence-corrected chi connectivity index (χ3v) is 6.82. The monoisotopic (exact) mass is 413 g/mol. The molecule has 1 aliphatic rings. The second kappa shape index (κ2) is 8.90. The Labute approximate surface area is 179 Å². The van der Waals surface area contributed by atoms with Gasteiger partial charge in [0.15, 0.2) is 0 Å². The van der Waals surface area contributed by atoms with Crippen LogP contribution in [0.25, 0.3) is 10.9 Å². The number of ether oxygens (including phenoxy) is 1. The second-order valence-electron chi connectivity index (χ2n) is 9.31. The smallest absolute Gasteiger partial charge is 0.119 e. The first kappa shape index (κ1) is 21.9. The predicted molar refractivity (Wildman–Crippen MR) is 119 cm³/mol. The topological polar surface area (TPSA) is 49.1 Å². The van der Waals surface area contributed by atoms with E-state index in [2.05, 4.69) is 36.7 Å². The van der Waals surface area contributed by atoms with E-state index >= 15 is 0 Å². The summed E-state index contributed by atoms with van der Waals surface area (Å²) in [5, 5.41) is 11.2. The van der Waals surface area contributed by atoms with E-state index in [0.29, 0.717) is 11.4 Å². The van der Waals surface area contributed by atoms with Crippen molar-refractivity contribution in [3.8, 4) is 11.8 Å². The molecule has 3 rings (SSSR count). The Hall–Kier alpha value is -1.83. The van der Waals surface area contributed by atoms with Crippen LogP contribution in [-0.4, -0.2) is 35.6 Å². The number of pyridine rings is 1. The van der Waals surface area contributed by atoms with E-state index in [0.717, 1.165) is 67.4 Å². The van der Waals surface area contributed by atoms with Crippen molar-refractivity contribution in [1.29, 1.82) is 5.26 Å². The van der Waals surface area contributed by atoms with Gasteiger partial charge >= 0.3 is 0 Å². The molecule has 1 fully saturated rings. The van der Waals surface area contributed by atoms with Gasteiger partial charge in [0.25, 0.3) is 0 Å². The molecular weight excluding hydrogens is 382 g/mol. The third kappa shape index (κ3) is 5.02. The maximum atomic E-state index is 9.46. The van der Waals surface area contributed by atoms with E-state index in [1.165, 1.54) is 0 Å². The van der Waals surface area contributed by atoms with Crippen molar-refractivity contribution in [3.05, 3.63) is 35.0 Å². The number of hydrogen-bond acceptors (Lipinski definition) is 4. The Morgan fingerprint density at radius 2 is 2.00 bits per heavy atom. The number of halogens is 1. The Kier molecular flexibility index (Phi) is 6.71. The quantitative estimate of drug-likeness (QED) is 0.581. The largest absolute Gasteiger partial charge is 0.497 e. The number of aryl methyl sites for hydroxylation is 1. The molecule has 29 heavy (non-hydrogen) atoms. The van der Waals surface area contributed by atoms with Gasteiger partial charge in [-0.3, -0.25) is 9.88 Å². The summed E-state index contributed by atoms with van der Waals surface area (Å²) >= 11 is 6.52. The number of methoxy groups -OCH3 is 1. The van der Waals surface area contributed by atoms with Gasteiger partial charge in [-0.25, -0.2) is 0 Å². The molecule has 0 bridgehead atoms. The average molecular weight is 414 g/mol. The highest BCUT2D eigenvalue weighted by Gasteiger charge is 2.36. The van der Waals surface area contributed by atoms with Gasteiger partial charge in [0, 0.05) is 23.5 Å². The molecule has 5 heteroatoms. The zero-order valence-corrected chi connectivity index (χ0v) is 18.9.